The highest BCUT2D eigenvalue weighted by atomic mass is 19.2. The van der Waals surface area contributed by atoms with Crippen molar-refractivity contribution in [2.24, 2.45) is 0 Å². The minimum Gasteiger partial charge on any atom is -0.396 e. The zero-order chi connectivity index (χ0) is 15.4. The van der Waals surface area contributed by atoms with E-state index in [4.69, 9.17) is 5.11 Å². The van der Waals surface area contributed by atoms with Crippen LogP contribution in [-0.4, -0.2) is 41.0 Å². The molecule has 3 nitrogen and oxygen atoms in total. The van der Waals surface area contributed by atoms with Crippen molar-refractivity contribution in [3.05, 3.63) is 35.4 Å². The third kappa shape index (κ3) is 3.66. The van der Waals surface area contributed by atoms with Gasteiger partial charge in [0, 0.05) is 18.2 Å². The van der Waals surface area contributed by atoms with Crippen LogP contribution in [0.15, 0.2) is 18.2 Å². The summed E-state index contributed by atoms with van der Waals surface area (Å²) in [5.41, 5.74) is 0.190. The molecule has 5 heteroatoms. The second-order valence-electron chi connectivity index (χ2n) is 5.57. The summed E-state index contributed by atoms with van der Waals surface area (Å²) in [4.78, 5) is 14.5. The molecule has 1 saturated heterocycles. The Balaban J connectivity index is 2.14. The zero-order valence-corrected chi connectivity index (χ0v) is 12.2. The van der Waals surface area contributed by atoms with Crippen LogP contribution in [-0.2, 0) is 0 Å². The first-order valence-corrected chi connectivity index (χ1v) is 7.40. The molecule has 1 aliphatic rings. The quantitative estimate of drug-likeness (QED) is 0.850. The third-order valence-electron chi connectivity index (χ3n) is 4.22. The molecule has 1 aromatic rings. The summed E-state index contributed by atoms with van der Waals surface area (Å²) in [6, 6.07) is 3.04. The van der Waals surface area contributed by atoms with Crippen LogP contribution in [0.2, 0.25) is 0 Å². The van der Waals surface area contributed by atoms with Gasteiger partial charge in [0.25, 0.3) is 0 Å². The Morgan fingerprint density at radius 1 is 1.38 bits per heavy atom. The normalized spacial score (nSPS) is 21.2. The Morgan fingerprint density at radius 3 is 2.81 bits per heavy atom. The molecule has 2 unspecified atom stereocenters. The van der Waals surface area contributed by atoms with Gasteiger partial charge < -0.3 is 5.11 Å². The number of halogens is 2. The molecule has 0 bridgehead atoms. The molecule has 1 N–H and O–H groups in total. The van der Waals surface area contributed by atoms with Gasteiger partial charge in [-0.15, -0.1) is 0 Å². The van der Waals surface area contributed by atoms with Gasteiger partial charge in [0.1, 0.15) is 0 Å². The summed E-state index contributed by atoms with van der Waals surface area (Å²) >= 11 is 0. The molecule has 21 heavy (non-hydrogen) atoms. The fourth-order valence-electron chi connectivity index (χ4n) is 3.03. The summed E-state index contributed by atoms with van der Waals surface area (Å²) in [6.45, 7) is 2.67. The van der Waals surface area contributed by atoms with Gasteiger partial charge in [0.05, 0.1) is 6.04 Å². The highest BCUT2D eigenvalue weighted by molar-refractivity contribution is 5.99. The van der Waals surface area contributed by atoms with Gasteiger partial charge >= 0.3 is 0 Å². The number of aliphatic hydroxyl groups excluding tert-OH is 1. The summed E-state index contributed by atoms with van der Waals surface area (Å²) in [5, 5.41) is 9.14. The Kier molecular flexibility index (Phi) is 5.42. The Morgan fingerprint density at radius 2 is 2.14 bits per heavy atom. The second-order valence-corrected chi connectivity index (χ2v) is 5.57. The van der Waals surface area contributed by atoms with Crippen LogP contribution >= 0.6 is 0 Å². The predicted molar refractivity (Wildman–Crippen MR) is 76.2 cm³/mol. The van der Waals surface area contributed by atoms with Gasteiger partial charge in [-0.2, -0.15) is 0 Å². The van der Waals surface area contributed by atoms with Crippen molar-refractivity contribution in [2.75, 3.05) is 13.2 Å². The molecule has 0 aliphatic carbocycles. The van der Waals surface area contributed by atoms with Gasteiger partial charge in [0.15, 0.2) is 17.4 Å². The number of benzene rings is 1. The van der Waals surface area contributed by atoms with Crippen LogP contribution in [0, 0.1) is 11.6 Å². The minimum absolute atomic E-state index is 0.0905. The molecule has 116 valence electrons. The molecule has 0 amide bonds. The van der Waals surface area contributed by atoms with Crippen molar-refractivity contribution < 1.29 is 18.7 Å². The zero-order valence-electron chi connectivity index (χ0n) is 12.2. The van der Waals surface area contributed by atoms with E-state index in [1.165, 1.54) is 6.07 Å². The van der Waals surface area contributed by atoms with E-state index in [9.17, 15) is 13.6 Å². The Labute approximate surface area is 123 Å². The van der Waals surface area contributed by atoms with E-state index in [2.05, 4.69) is 4.90 Å². The number of carbonyl (C=O) groups excluding carboxylic acids is 1. The van der Waals surface area contributed by atoms with E-state index < -0.39 is 17.7 Å². The van der Waals surface area contributed by atoms with Crippen LogP contribution in [0.4, 0.5) is 8.78 Å². The molecular formula is C16H21F2NO2. The Bertz CT molecular complexity index is 505. The largest absolute Gasteiger partial charge is 0.396 e. The highest BCUT2D eigenvalue weighted by Crippen LogP contribution is 2.24. The molecule has 0 saturated carbocycles. The number of hydrogen-bond acceptors (Lipinski definition) is 3. The average Bonchev–Trinajstić information content (AvgIpc) is 2.49. The van der Waals surface area contributed by atoms with Gasteiger partial charge in [-0.3, -0.25) is 9.69 Å². The number of Topliss-reactive ketones (excluding diaryl/α,β-unsaturated/α-hetero) is 1. The van der Waals surface area contributed by atoms with Crippen LogP contribution in [0.1, 0.15) is 43.0 Å². The molecule has 1 aliphatic heterocycles. The summed E-state index contributed by atoms with van der Waals surface area (Å²) in [6.07, 6.45) is 3.69. The lowest BCUT2D eigenvalue weighted by atomic mass is 9.95. The van der Waals surface area contributed by atoms with E-state index >= 15 is 0 Å². The lowest BCUT2D eigenvalue weighted by Gasteiger charge is -2.39. The average molecular weight is 297 g/mol. The summed E-state index contributed by atoms with van der Waals surface area (Å²) in [7, 11) is 0. The molecule has 1 fully saturated rings. The molecule has 0 spiro atoms. The van der Waals surface area contributed by atoms with Gasteiger partial charge in [-0.25, -0.2) is 8.78 Å². The van der Waals surface area contributed by atoms with Crippen molar-refractivity contribution in [1.29, 1.82) is 0 Å². The molecule has 0 radical (unpaired) electrons. The van der Waals surface area contributed by atoms with Crippen LogP contribution in [0.5, 0.6) is 0 Å². The van der Waals surface area contributed by atoms with E-state index in [1.807, 2.05) is 0 Å². The van der Waals surface area contributed by atoms with E-state index in [0.29, 0.717) is 6.42 Å². The van der Waals surface area contributed by atoms with E-state index in [1.54, 1.807) is 6.92 Å². The maximum absolute atomic E-state index is 13.3. The fourth-order valence-corrected chi connectivity index (χ4v) is 3.03. The van der Waals surface area contributed by atoms with Gasteiger partial charge in [0.2, 0.25) is 0 Å². The van der Waals surface area contributed by atoms with Gasteiger partial charge in [-0.1, -0.05) is 6.42 Å². The van der Waals surface area contributed by atoms with Crippen molar-refractivity contribution in [2.45, 2.75) is 44.7 Å². The maximum atomic E-state index is 13.3. The second kappa shape index (κ2) is 7.09. The summed E-state index contributed by atoms with van der Waals surface area (Å²) in [5.74, 6) is -2.16. The Hall–Kier alpha value is -1.33. The number of rotatable bonds is 5. The van der Waals surface area contributed by atoms with Crippen molar-refractivity contribution in [3.63, 3.8) is 0 Å². The summed E-state index contributed by atoms with van der Waals surface area (Å²) < 4.78 is 26.2. The van der Waals surface area contributed by atoms with Crippen LogP contribution in [0.25, 0.3) is 0 Å². The molecule has 2 rings (SSSR count). The van der Waals surface area contributed by atoms with E-state index in [0.717, 1.165) is 37.9 Å². The first-order chi connectivity index (χ1) is 10.0. The molecular weight excluding hydrogens is 276 g/mol. The molecule has 2 atom stereocenters. The minimum atomic E-state index is -1.00. The lowest BCUT2D eigenvalue weighted by Crippen LogP contribution is -2.48. The first kappa shape index (κ1) is 16.0. The maximum Gasteiger partial charge on any atom is 0.179 e. The predicted octanol–water partition coefficient (Wildman–Crippen LogP) is 2.77. The van der Waals surface area contributed by atoms with Gasteiger partial charge in [-0.05, 0) is 50.9 Å². The van der Waals surface area contributed by atoms with Crippen LogP contribution in [0.3, 0.4) is 0 Å². The number of carbonyl (C=O) groups is 1. The SMILES string of the molecule is CC(C(=O)c1ccc(F)c(F)c1)N1CCCCC1CCO. The number of hydrogen-bond donors (Lipinski definition) is 1. The molecule has 1 aromatic carbocycles. The van der Waals surface area contributed by atoms with Crippen LogP contribution < -0.4 is 0 Å². The van der Waals surface area contributed by atoms with Crippen molar-refractivity contribution in [1.82, 2.24) is 4.90 Å². The number of aliphatic hydroxyl groups is 1. The lowest BCUT2D eigenvalue weighted by molar-refractivity contribution is 0.0603. The fraction of sp³-hybridized carbons (Fsp3) is 0.562. The third-order valence-corrected chi connectivity index (χ3v) is 4.22. The van der Waals surface area contributed by atoms with Crippen molar-refractivity contribution >= 4 is 5.78 Å². The standard InChI is InChI=1S/C16H21F2NO2/c1-11(19-8-3-2-4-13(19)7-9-20)16(21)12-5-6-14(17)15(18)10-12/h5-6,10-11,13,20H,2-4,7-9H2,1H3. The van der Waals surface area contributed by atoms with Crippen molar-refractivity contribution in [3.8, 4) is 0 Å². The first-order valence-electron chi connectivity index (χ1n) is 7.40. The number of likely N-dealkylation sites (tertiary alicyclic amines) is 1. The van der Waals surface area contributed by atoms with E-state index in [-0.39, 0.29) is 24.0 Å². The molecule has 0 aromatic heterocycles. The monoisotopic (exact) mass is 297 g/mol. The smallest absolute Gasteiger partial charge is 0.179 e. The number of nitrogens with zero attached hydrogens (tertiary/aromatic N) is 1. The number of piperidine rings is 1. The highest BCUT2D eigenvalue weighted by Gasteiger charge is 2.30. The molecule has 1 heterocycles. The number of ketones is 1. The topological polar surface area (TPSA) is 40.5 Å².